The number of alkyl halides is 3. The number of esters is 2. The topological polar surface area (TPSA) is 149 Å². The first-order valence-electron chi connectivity index (χ1n) is 13.4. The van der Waals surface area contributed by atoms with Gasteiger partial charge in [-0.05, 0) is 47.5 Å². The van der Waals surface area contributed by atoms with Gasteiger partial charge in [-0.3, -0.25) is 9.59 Å². The van der Waals surface area contributed by atoms with Gasteiger partial charge >= 0.3 is 18.1 Å². The summed E-state index contributed by atoms with van der Waals surface area (Å²) in [6.07, 6.45) is -2.98. The summed E-state index contributed by atoms with van der Waals surface area (Å²) < 4.78 is 57.4. The van der Waals surface area contributed by atoms with Crippen molar-refractivity contribution in [3.8, 4) is 0 Å². The smallest absolute Gasteiger partial charge is 0.422 e. The largest absolute Gasteiger partial charge is 0.456 e. The summed E-state index contributed by atoms with van der Waals surface area (Å²) in [4.78, 5) is 49.6. The van der Waals surface area contributed by atoms with Gasteiger partial charge in [0.05, 0.1) is 12.2 Å². The van der Waals surface area contributed by atoms with E-state index < -0.39 is 48.9 Å². The number of aliphatic hydroxyl groups excluding tert-OH is 1. The molecule has 0 saturated carbocycles. The van der Waals surface area contributed by atoms with E-state index in [1.54, 1.807) is 30.3 Å². The summed E-state index contributed by atoms with van der Waals surface area (Å²) >= 11 is 0. The maximum absolute atomic E-state index is 13.0. The zero-order valence-electron chi connectivity index (χ0n) is 23.2. The fraction of sp³-hybridized carbons (Fsp3) is 0.333. The molecule has 1 aliphatic heterocycles. The van der Waals surface area contributed by atoms with Crippen LogP contribution in [-0.2, 0) is 35.1 Å². The Kier molecular flexibility index (Phi) is 10.9. The first kappa shape index (κ1) is 32.4. The van der Waals surface area contributed by atoms with Crippen LogP contribution in [-0.4, -0.2) is 79.9 Å². The summed E-state index contributed by atoms with van der Waals surface area (Å²) in [5.41, 5.74) is 1.95. The predicted molar refractivity (Wildman–Crippen MR) is 147 cm³/mol. The van der Waals surface area contributed by atoms with Crippen molar-refractivity contribution in [3.05, 3.63) is 88.5 Å². The lowest BCUT2D eigenvalue weighted by atomic mass is 9.91. The molecule has 0 radical (unpaired) electrons. The van der Waals surface area contributed by atoms with Crippen LogP contribution in [0.4, 0.5) is 13.2 Å². The first-order chi connectivity index (χ1) is 21.0. The monoisotopic (exact) mass is 618 g/mol. The third-order valence-corrected chi connectivity index (χ3v) is 6.52. The minimum absolute atomic E-state index is 0.0482. The van der Waals surface area contributed by atoms with Gasteiger partial charge in [0.15, 0.2) is 6.61 Å². The first-order valence-corrected chi connectivity index (χ1v) is 13.4. The van der Waals surface area contributed by atoms with E-state index in [0.29, 0.717) is 22.3 Å². The summed E-state index contributed by atoms with van der Waals surface area (Å²) in [6, 6.07) is 12.4. The summed E-state index contributed by atoms with van der Waals surface area (Å²) in [5.74, 6) is -2.64. The summed E-state index contributed by atoms with van der Waals surface area (Å²) in [7, 11) is 0. The minimum Gasteiger partial charge on any atom is -0.456 e. The Morgan fingerprint density at radius 3 is 2.50 bits per heavy atom. The molecule has 1 heterocycles. The Labute approximate surface area is 249 Å². The van der Waals surface area contributed by atoms with Crippen LogP contribution in [0.15, 0.2) is 66.3 Å². The molecule has 2 aliphatic rings. The van der Waals surface area contributed by atoms with Crippen molar-refractivity contribution in [2.45, 2.75) is 37.5 Å². The van der Waals surface area contributed by atoms with E-state index in [1.807, 2.05) is 0 Å². The molecule has 234 valence electrons. The Morgan fingerprint density at radius 1 is 1.00 bits per heavy atom. The number of halogens is 3. The van der Waals surface area contributed by atoms with Gasteiger partial charge in [-0.25, -0.2) is 9.59 Å². The number of fused-ring (bicyclic) bond motifs is 1. The Morgan fingerprint density at radius 2 is 1.77 bits per heavy atom. The number of aliphatic hydroxyl groups is 1. The molecule has 14 heteroatoms. The minimum atomic E-state index is -4.63. The van der Waals surface area contributed by atoms with Gasteiger partial charge in [-0.1, -0.05) is 24.3 Å². The van der Waals surface area contributed by atoms with E-state index in [-0.39, 0.29) is 44.4 Å². The highest BCUT2D eigenvalue weighted by Crippen LogP contribution is 2.31. The van der Waals surface area contributed by atoms with Crippen molar-refractivity contribution in [2.75, 3.05) is 26.6 Å². The van der Waals surface area contributed by atoms with Gasteiger partial charge < -0.3 is 34.7 Å². The average molecular weight is 619 g/mol. The maximum Gasteiger partial charge on any atom is 0.422 e. The van der Waals surface area contributed by atoms with Gasteiger partial charge in [0.25, 0.3) is 5.91 Å². The molecule has 4 rings (SSSR count). The molecule has 1 aliphatic carbocycles. The molecule has 0 spiro atoms. The lowest BCUT2D eigenvalue weighted by Gasteiger charge is -2.30. The van der Waals surface area contributed by atoms with Crippen LogP contribution in [0.5, 0.6) is 0 Å². The molecule has 1 fully saturated rings. The zero-order valence-corrected chi connectivity index (χ0v) is 23.2. The second-order valence-electron chi connectivity index (χ2n) is 9.76. The number of benzene rings is 2. The Balaban J connectivity index is 1.34. The highest BCUT2D eigenvalue weighted by atomic mass is 19.4. The van der Waals surface area contributed by atoms with Gasteiger partial charge in [0.1, 0.15) is 25.1 Å². The van der Waals surface area contributed by atoms with Gasteiger partial charge in [0, 0.05) is 36.7 Å². The molecule has 11 nitrogen and oxygen atoms in total. The number of nitrogens with one attached hydrogen (secondary N) is 2. The second-order valence-corrected chi connectivity index (χ2v) is 9.76. The van der Waals surface area contributed by atoms with Crippen molar-refractivity contribution < 1.29 is 56.4 Å². The molecule has 2 aromatic rings. The quantitative estimate of drug-likeness (QED) is 0.255. The van der Waals surface area contributed by atoms with E-state index in [1.165, 1.54) is 30.3 Å². The number of ether oxygens (including phenoxy) is 4. The Bertz CT molecular complexity index is 1420. The molecule has 3 N–H and O–H groups in total. The predicted octanol–water partition coefficient (Wildman–Crippen LogP) is 2.44. The normalized spacial score (nSPS) is 19.5. The fourth-order valence-electron chi connectivity index (χ4n) is 4.42. The molecule has 2 amide bonds. The lowest BCUT2D eigenvalue weighted by Crippen LogP contribution is -2.43. The highest BCUT2D eigenvalue weighted by Gasteiger charge is 2.42. The van der Waals surface area contributed by atoms with Crippen molar-refractivity contribution in [1.82, 2.24) is 10.6 Å². The van der Waals surface area contributed by atoms with Crippen LogP contribution in [0, 0.1) is 0 Å². The maximum atomic E-state index is 13.0. The molecule has 2 aromatic carbocycles. The van der Waals surface area contributed by atoms with Crippen LogP contribution in [0.25, 0.3) is 6.08 Å². The molecule has 44 heavy (non-hydrogen) atoms. The number of carbonyl (C=O) groups excluding carboxylic acids is 4. The molecule has 1 saturated heterocycles. The van der Waals surface area contributed by atoms with Crippen molar-refractivity contribution in [2.24, 2.45) is 0 Å². The average Bonchev–Trinajstić information content (AvgIpc) is 3.49. The van der Waals surface area contributed by atoms with Crippen molar-refractivity contribution >= 4 is 29.8 Å². The Hall–Kier alpha value is -4.53. The van der Waals surface area contributed by atoms with E-state index in [9.17, 15) is 32.3 Å². The number of carbonyl (C=O) groups is 4. The summed E-state index contributed by atoms with van der Waals surface area (Å²) in [5, 5.41) is 14.2. The van der Waals surface area contributed by atoms with Gasteiger partial charge in [-0.2, -0.15) is 13.2 Å². The number of rotatable bonds is 11. The highest BCUT2D eigenvalue weighted by molar-refractivity contribution is 5.95. The molecule has 3 atom stereocenters. The van der Waals surface area contributed by atoms with E-state index >= 15 is 0 Å². The van der Waals surface area contributed by atoms with Crippen LogP contribution >= 0.6 is 0 Å². The van der Waals surface area contributed by atoms with Crippen molar-refractivity contribution in [3.63, 3.8) is 0 Å². The van der Waals surface area contributed by atoms with Crippen LogP contribution < -0.4 is 10.6 Å². The molecule has 0 aromatic heterocycles. The number of hydrogen-bond donors (Lipinski definition) is 3. The SMILES string of the molecule is O=C(C=Cc1ccc(C(=O)O[C@@H]2CC(C(=O)NCc3cccc(C(=O)NCCO)c3)=C[C@H]3OCO[C@H]32)cc1)OCC(F)(F)F. The molecular weight excluding hydrogens is 589 g/mol. The van der Waals surface area contributed by atoms with Crippen LogP contribution in [0.2, 0.25) is 0 Å². The van der Waals surface area contributed by atoms with Crippen LogP contribution in [0.3, 0.4) is 0 Å². The number of hydrogen-bond acceptors (Lipinski definition) is 9. The third-order valence-electron chi connectivity index (χ3n) is 6.52. The fourth-order valence-corrected chi connectivity index (χ4v) is 4.42. The third kappa shape index (κ3) is 9.23. The zero-order chi connectivity index (χ0) is 31.7. The molecular formula is C30H29F3N2O9. The molecule has 0 bridgehead atoms. The summed E-state index contributed by atoms with van der Waals surface area (Å²) in [6.45, 7) is -1.70. The van der Waals surface area contributed by atoms with Crippen LogP contribution in [0.1, 0.15) is 38.3 Å². The van der Waals surface area contributed by atoms with E-state index in [4.69, 9.17) is 19.3 Å². The van der Waals surface area contributed by atoms with Gasteiger partial charge in [-0.15, -0.1) is 0 Å². The number of amides is 2. The second kappa shape index (κ2) is 14.8. The standard InChI is InChI=1S/C30H29F3N2O9/c31-30(32,33)16-41-25(37)9-6-18-4-7-20(8-5-18)29(40)44-24-14-22(13-23-26(24)43-17-42-23)28(39)35-15-19-2-1-3-21(12-19)27(38)34-10-11-36/h1-9,12-13,23-24,26,36H,10-11,14-17H2,(H,34,38)(H,35,39)/t23-,24-,26-/m1/s1. The molecule has 0 unspecified atom stereocenters. The van der Waals surface area contributed by atoms with E-state index in [0.717, 1.165) is 6.08 Å². The van der Waals surface area contributed by atoms with E-state index in [2.05, 4.69) is 15.4 Å². The van der Waals surface area contributed by atoms with Gasteiger partial charge in [0.2, 0.25) is 5.91 Å². The van der Waals surface area contributed by atoms with Crippen molar-refractivity contribution in [1.29, 1.82) is 0 Å². The lowest BCUT2D eigenvalue weighted by molar-refractivity contribution is -0.182.